The summed E-state index contributed by atoms with van der Waals surface area (Å²) < 4.78 is 64.8. The monoisotopic (exact) mass is 329 g/mol. The van der Waals surface area contributed by atoms with Crippen LogP contribution in [0.25, 0.3) is 0 Å². The highest BCUT2D eigenvalue weighted by molar-refractivity contribution is 7.89. The van der Waals surface area contributed by atoms with Crippen molar-refractivity contribution in [2.75, 3.05) is 0 Å². The zero-order valence-electron chi connectivity index (χ0n) is 11.6. The van der Waals surface area contributed by atoms with E-state index in [1.54, 1.807) is 37.3 Å². The normalized spacial score (nSPS) is 13.8. The molecule has 0 heterocycles. The van der Waals surface area contributed by atoms with Gasteiger partial charge in [-0.2, -0.15) is 13.2 Å². The van der Waals surface area contributed by atoms with Crippen LogP contribution in [0.3, 0.4) is 0 Å². The summed E-state index contributed by atoms with van der Waals surface area (Å²) in [5.41, 5.74) is -0.277. The summed E-state index contributed by atoms with van der Waals surface area (Å²) in [5.74, 6) is 0. The highest BCUT2D eigenvalue weighted by atomic mass is 32.2. The summed E-state index contributed by atoms with van der Waals surface area (Å²) >= 11 is 0. The second-order valence-corrected chi connectivity index (χ2v) is 6.49. The van der Waals surface area contributed by atoms with E-state index in [0.717, 1.165) is 23.8 Å². The third-order valence-corrected chi connectivity index (χ3v) is 4.64. The molecule has 0 aliphatic carbocycles. The van der Waals surface area contributed by atoms with Gasteiger partial charge in [-0.15, -0.1) is 0 Å². The molecule has 0 saturated carbocycles. The van der Waals surface area contributed by atoms with E-state index in [1.807, 2.05) is 0 Å². The van der Waals surface area contributed by atoms with Gasteiger partial charge in [0, 0.05) is 6.04 Å². The molecule has 0 fully saturated rings. The summed E-state index contributed by atoms with van der Waals surface area (Å²) in [6.45, 7) is 1.63. The number of sulfonamides is 1. The quantitative estimate of drug-likeness (QED) is 0.929. The molecule has 7 heteroatoms. The van der Waals surface area contributed by atoms with E-state index in [9.17, 15) is 21.6 Å². The molecule has 0 amide bonds. The van der Waals surface area contributed by atoms with E-state index < -0.39 is 32.7 Å². The maximum absolute atomic E-state index is 12.7. The van der Waals surface area contributed by atoms with Crippen molar-refractivity contribution in [2.45, 2.75) is 24.0 Å². The van der Waals surface area contributed by atoms with Gasteiger partial charge in [-0.1, -0.05) is 36.4 Å². The summed E-state index contributed by atoms with van der Waals surface area (Å²) in [6, 6.07) is 11.9. The molecular weight excluding hydrogens is 315 g/mol. The lowest BCUT2D eigenvalue weighted by Gasteiger charge is -2.15. The first-order chi connectivity index (χ1) is 10.2. The van der Waals surface area contributed by atoms with Gasteiger partial charge in [0.25, 0.3) is 0 Å². The minimum atomic E-state index is -4.59. The molecule has 1 N–H and O–H groups in total. The summed E-state index contributed by atoms with van der Waals surface area (Å²) in [4.78, 5) is -0.412. The Bertz CT molecular complexity index is 743. The number of alkyl halides is 3. The Morgan fingerprint density at radius 3 is 2.23 bits per heavy atom. The third-order valence-electron chi connectivity index (χ3n) is 3.10. The molecule has 1 atom stereocenters. The van der Waals surface area contributed by atoms with Crippen LogP contribution in [-0.2, 0) is 16.2 Å². The fraction of sp³-hybridized carbons (Fsp3) is 0.200. The van der Waals surface area contributed by atoms with Crippen LogP contribution in [0.4, 0.5) is 13.2 Å². The molecule has 118 valence electrons. The van der Waals surface area contributed by atoms with Gasteiger partial charge in [0.05, 0.1) is 10.5 Å². The molecule has 0 spiro atoms. The van der Waals surface area contributed by atoms with Crippen LogP contribution in [0.5, 0.6) is 0 Å². The molecular formula is C15H14F3NO2S. The second kappa shape index (κ2) is 6.10. The molecule has 0 unspecified atom stereocenters. The van der Waals surface area contributed by atoms with Crippen LogP contribution in [0.1, 0.15) is 24.1 Å². The first-order valence-corrected chi connectivity index (χ1v) is 7.93. The van der Waals surface area contributed by atoms with Crippen LogP contribution >= 0.6 is 0 Å². The van der Waals surface area contributed by atoms with E-state index >= 15 is 0 Å². The Kier molecular flexibility index (Phi) is 4.58. The van der Waals surface area contributed by atoms with Crippen molar-refractivity contribution in [3.05, 3.63) is 65.7 Å². The molecule has 22 heavy (non-hydrogen) atoms. The third kappa shape index (κ3) is 3.86. The summed E-state index contributed by atoms with van der Waals surface area (Å²) in [6.07, 6.45) is -4.59. The maximum Gasteiger partial charge on any atom is 0.416 e. The molecule has 0 radical (unpaired) electrons. The van der Waals surface area contributed by atoms with Gasteiger partial charge >= 0.3 is 6.18 Å². The van der Waals surface area contributed by atoms with Crippen molar-refractivity contribution in [2.24, 2.45) is 0 Å². The topological polar surface area (TPSA) is 46.2 Å². The lowest BCUT2D eigenvalue weighted by atomic mass is 10.1. The van der Waals surface area contributed by atoms with Crippen LogP contribution in [0, 0.1) is 0 Å². The number of nitrogens with one attached hydrogen (secondary N) is 1. The highest BCUT2D eigenvalue weighted by Crippen LogP contribution is 2.30. The van der Waals surface area contributed by atoms with Crippen molar-refractivity contribution in [3.63, 3.8) is 0 Å². The minimum Gasteiger partial charge on any atom is -0.207 e. The van der Waals surface area contributed by atoms with Gasteiger partial charge in [-0.3, -0.25) is 0 Å². The Labute approximate surface area is 126 Å². The number of benzene rings is 2. The van der Waals surface area contributed by atoms with Gasteiger partial charge in [0.1, 0.15) is 0 Å². The molecule has 0 saturated heterocycles. The Hall–Kier alpha value is -1.86. The van der Waals surface area contributed by atoms with E-state index in [1.165, 1.54) is 0 Å². The van der Waals surface area contributed by atoms with Crippen LogP contribution in [0.2, 0.25) is 0 Å². The average molecular weight is 329 g/mol. The standard InChI is InChI=1S/C15H14F3NO2S/c1-11(12-6-3-2-4-7-12)19-22(20,21)14-9-5-8-13(10-14)15(16,17)18/h2-11,19H,1H3/t11-/m0/s1. The fourth-order valence-electron chi connectivity index (χ4n) is 1.95. The molecule has 0 aromatic heterocycles. The Morgan fingerprint density at radius 2 is 1.64 bits per heavy atom. The van der Waals surface area contributed by atoms with Gasteiger partial charge in [0.15, 0.2) is 0 Å². The summed E-state index contributed by atoms with van der Waals surface area (Å²) in [7, 11) is -4.04. The van der Waals surface area contributed by atoms with Crippen molar-refractivity contribution >= 4 is 10.0 Å². The van der Waals surface area contributed by atoms with Gasteiger partial charge in [0.2, 0.25) is 10.0 Å². The zero-order valence-corrected chi connectivity index (χ0v) is 12.4. The minimum absolute atomic E-state index is 0.412. The molecule has 2 aromatic carbocycles. The molecule has 0 aliphatic heterocycles. The molecule has 0 aliphatic rings. The van der Waals surface area contributed by atoms with Crippen molar-refractivity contribution < 1.29 is 21.6 Å². The smallest absolute Gasteiger partial charge is 0.207 e. The first kappa shape index (κ1) is 16.5. The van der Waals surface area contributed by atoms with E-state index in [2.05, 4.69) is 4.72 Å². The van der Waals surface area contributed by atoms with E-state index in [0.29, 0.717) is 6.07 Å². The van der Waals surface area contributed by atoms with Gasteiger partial charge < -0.3 is 0 Å². The zero-order chi connectivity index (χ0) is 16.4. The molecule has 0 bridgehead atoms. The van der Waals surface area contributed by atoms with E-state index in [4.69, 9.17) is 0 Å². The lowest BCUT2D eigenvalue weighted by molar-refractivity contribution is -0.137. The summed E-state index contributed by atoms with van der Waals surface area (Å²) in [5, 5.41) is 0. The average Bonchev–Trinajstić information content (AvgIpc) is 2.47. The number of rotatable bonds is 4. The molecule has 3 nitrogen and oxygen atoms in total. The van der Waals surface area contributed by atoms with Crippen molar-refractivity contribution in [1.29, 1.82) is 0 Å². The van der Waals surface area contributed by atoms with Gasteiger partial charge in [-0.05, 0) is 30.7 Å². The number of hydrogen-bond donors (Lipinski definition) is 1. The van der Waals surface area contributed by atoms with Crippen LogP contribution in [-0.4, -0.2) is 8.42 Å². The van der Waals surface area contributed by atoms with Gasteiger partial charge in [-0.25, -0.2) is 13.1 Å². The fourth-order valence-corrected chi connectivity index (χ4v) is 3.23. The molecule has 2 aromatic rings. The van der Waals surface area contributed by atoms with Crippen molar-refractivity contribution in [3.8, 4) is 0 Å². The number of hydrogen-bond acceptors (Lipinski definition) is 2. The predicted octanol–water partition coefficient (Wildman–Crippen LogP) is 3.74. The second-order valence-electron chi connectivity index (χ2n) is 4.78. The molecule has 2 rings (SSSR count). The predicted molar refractivity (Wildman–Crippen MR) is 76.6 cm³/mol. The Balaban J connectivity index is 2.28. The van der Waals surface area contributed by atoms with E-state index in [-0.39, 0.29) is 0 Å². The highest BCUT2D eigenvalue weighted by Gasteiger charge is 2.31. The lowest BCUT2D eigenvalue weighted by Crippen LogP contribution is -2.27. The Morgan fingerprint density at radius 1 is 1.00 bits per heavy atom. The van der Waals surface area contributed by atoms with Crippen molar-refractivity contribution in [1.82, 2.24) is 4.72 Å². The SMILES string of the molecule is C[C@H](NS(=O)(=O)c1cccc(C(F)(F)F)c1)c1ccccc1. The largest absolute Gasteiger partial charge is 0.416 e. The van der Waals surface area contributed by atoms with Crippen LogP contribution < -0.4 is 4.72 Å². The van der Waals surface area contributed by atoms with Crippen LogP contribution in [0.15, 0.2) is 59.5 Å². The maximum atomic E-state index is 12.7. The first-order valence-electron chi connectivity index (χ1n) is 6.45. The number of halogens is 3.